The number of benzene rings is 1. The minimum absolute atomic E-state index is 0.255. The van der Waals surface area contributed by atoms with E-state index in [-0.39, 0.29) is 6.10 Å². The molecule has 0 heterocycles. The highest BCUT2D eigenvalue weighted by Crippen LogP contribution is 2.25. The Hall–Kier alpha value is -0.380. The van der Waals surface area contributed by atoms with E-state index in [1.54, 1.807) is 0 Å². The van der Waals surface area contributed by atoms with Crippen molar-refractivity contribution < 1.29 is 5.11 Å². The molecule has 1 aliphatic carbocycles. The fourth-order valence-corrected chi connectivity index (χ4v) is 3.44. The summed E-state index contributed by atoms with van der Waals surface area (Å²) in [5.74, 6) is 0. The molecule has 0 saturated heterocycles. The topological polar surface area (TPSA) is 23.5 Å². The second-order valence-electron chi connectivity index (χ2n) is 5.70. The molecule has 2 nitrogen and oxygen atoms in total. The largest absolute Gasteiger partial charge is 0.392 e. The van der Waals surface area contributed by atoms with Gasteiger partial charge in [0.25, 0.3) is 0 Å². The third kappa shape index (κ3) is 4.90. The molecule has 0 aromatic heterocycles. The molecule has 2 rings (SSSR count). The van der Waals surface area contributed by atoms with Crippen LogP contribution in [0.3, 0.4) is 0 Å². The van der Waals surface area contributed by atoms with Crippen LogP contribution in [0.2, 0.25) is 0 Å². The number of hydrogen-bond donors (Lipinski definition) is 1. The third-order valence-electron chi connectivity index (χ3n) is 3.86. The predicted octanol–water partition coefficient (Wildman–Crippen LogP) is 3.96. The van der Waals surface area contributed by atoms with Crippen LogP contribution < -0.4 is 0 Å². The second kappa shape index (κ2) is 7.41. The summed E-state index contributed by atoms with van der Waals surface area (Å²) in [6.07, 6.45) is 6.34. The van der Waals surface area contributed by atoms with Gasteiger partial charge in [0, 0.05) is 23.6 Å². The molecule has 0 spiro atoms. The first kappa shape index (κ1) is 15.0. The summed E-state index contributed by atoms with van der Waals surface area (Å²) in [6.45, 7) is 3.60. The molecule has 1 aromatic rings. The van der Waals surface area contributed by atoms with E-state index in [4.69, 9.17) is 0 Å². The van der Waals surface area contributed by atoms with Crippen molar-refractivity contribution in [1.29, 1.82) is 0 Å². The summed E-state index contributed by atoms with van der Waals surface area (Å²) < 4.78 is 1.13. The highest BCUT2D eigenvalue weighted by atomic mass is 79.9. The van der Waals surface area contributed by atoms with Gasteiger partial charge in [-0.15, -0.1) is 0 Å². The third-order valence-corrected chi connectivity index (χ3v) is 4.36. The lowest BCUT2D eigenvalue weighted by Gasteiger charge is -2.35. The zero-order valence-electron chi connectivity index (χ0n) is 11.7. The molecule has 106 valence electrons. The standard InChI is InChI=1S/C16H24BrNO/c1-13(19)11-18(16-8-3-2-4-9-16)12-14-6-5-7-15(17)10-14/h5-7,10,13,16,19H,2-4,8-9,11-12H2,1H3. The molecule has 3 heteroatoms. The van der Waals surface area contributed by atoms with Gasteiger partial charge in [0.2, 0.25) is 0 Å². The van der Waals surface area contributed by atoms with Crippen molar-refractivity contribution in [3.63, 3.8) is 0 Å². The van der Waals surface area contributed by atoms with Crippen molar-refractivity contribution in [2.45, 2.75) is 57.7 Å². The van der Waals surface area contributed by atoms with E-state index >= 15 is 0 Å². The minimum Gasteiger partial charge on any atom is -0.392 e. The average molecular weight is 326 g/mol. The number of aliphatic hydroxyl groups excluding tert-OH is 1. The molecule has 0 radical (unpaired) electrons. The second-order valence-corrected chi connectivity index (χ2v) is 6.62. The molecule has 19 heavy (non-hydrogen) atoms. The van der Waals surface area contributed by atoms with Crippen LogP contribution in [0.1, 0.15) is 44.6 Å². The smallest absolute Gasteiger partial charge is 0.0639 e. The normalized spacial score (nSPS) is 18.7. The van der Waals surface area contributed by atoms with Crippen LogP contribution in [0.4, 0.5) is 0 Å². The Morgan fingerprint density at radius 3 is 2.68 bits per heavy atom. The zero-order chi connectivity index (χ0) is 13.7. The fourth-order valence-electron chi connectivity index (χ4n) is 3.00. The monoisotopic (exact) mass is 325 g/mol. The summed E-state index contributed by atoms with van der Waals surface area (Å²) in [5, 5.41) is 9.74. The van der Waals surface area contributed by atoms with Crippen molar-refractivity contribution in [3.05, 3.63) is 34.3 Å². The van der Waals surface area contributed by atoms with E-state index < -0.39 is 0 Å². The molecule has 1 aromatic carbocycles. The van der Waals surface area contributed by atoms with Gasteiger partial charge in [0.15, 0.2) is 0 Å². The van der Waals surface area contributed by atoms with Crippen molar-refractivity contribution in [3.8, 4) is 0 Å². The molecule has 0 aliphatic heterocycles. The quantitative estimate of drug-likeness (QED) is 0.885. The van der Waals surface area contributed by atoms with Crippen molar-refractivity contribution in [2.75, 3.05) is 6.54 Å². The maximum Gasteiger partial charge on any atom is 0.0639 e. The molecule has 1 atom stereocenters. The zero-order valence-corrected chi connectivity index (χ0v) is 13.3. The van der Waals surface area contributed by atoms with E-state index in [1.165, 1.54) is 37.7 Å². The number of halogens is 1. The highest BCUT2D eigenvalue weighted by molar-refractivity contribution is 9.10. The fraction of sp³-hybridized carbons (Fsp3) is 0.625. The van der Waals surface area contributed by atoms with Gasteiger partial charge >= 0.3 is 0 Å². The molecule has 1 fully saturated rings. The molecule has 0 bridgehead atoms. The van der Waals surface area contributed by atoms with E-state index in [1.807, 2.05) is 6.92 Å². The van der Waals surface area contributed by atoms with Crippen LogP contribution in [0.25, 0.3) is 0 Å². The Bertz CT molecular complexity index is 388. The molecular weight excluding hydrogens is 302 g/mol. The van der Waals surface area contributed by atoms with Crippen LogP contribution in [-0.4, -0.2) is 28.7 Å². The van der Waals surface area contributed by atoms with Gasteiger partial charge in [0.1, 0.15) is 0 Å². The van der Waals surface area contributed by atoms with Gasteiger partial charge in [-0.25, -0.2) is 0 Å². The maximum atomic E-state index is 9.74. The Labute approximate surface area is 124 Å². The van der Waals surface area contributed by atoms with Crippen molar-refractivity contribution in [1.82, 2.24) is 4.90 Å². The summed E-state index contributed by atoms with van der Waals surface area (Å²) in [4.78, 5) is 2.46. The van der Waals surface area contributed by atoms with E-state index in [9.17, 15) is 5.11 Å². The lowest BCUT2D eigenvalue weighted by molar-refractivity contribution is 0.0769. The van der Waals surface area contributed by atoms with Crippen LogP contribution in [0.5, 0.6) is 0 Å². The van der Waals surface area contributed by atoms with Gasteiger partial charge in [0.05, 0.1) is 6.10 Å². The Balaban J connectivity index is 2.04. The number of nitrogens with zero attached hydrogens (tertiary/aromatic N) is 1. The molecule has 0 amide bonds. The molecule has 1 unspecified atom stereocenters. The Morgan fingerprint density at radius 2 is 2.05 bits per heavy atom. The summed E-state index contributed by atoms with van der Waals surface area (Å²) in [5.41, 5.74) is 1.32. The average Bonchev–Trinajstić information content (AvgIpc) is 2.38. The first-order valence-electron chi connectivity index (χ1n) is 7.31. The Morgan fingerprint density at radius 1 is 1.32 bits per heavy atom. The van der Waals surface area contributed by atoms with Crippen LogP contribution in [0.15, 0.2) is 28.7 Å². The molecule has 1 aliphatic rings. The molecule has 1 N–H and O–H groups in total. The van der Waals surface area contributed by atoms with E-state index in [0.717, 1.165) is 17.6 Å². The predicted molar refractivity (Wildman–Crippen MR) is 83.1 cm³/mol. The van der Waals surface area contributed by atoms with Crippen LogP contribution in [0, 0.1) is 0 Å². The number of aliphatic hydroxyl groups is 1. The van der Waals surface area contributed by atoms with Gasteiger partial charge in [-0.2, -0.15) is 0 Å². The van der Waals surface area contributed by atoms with Gasteiger partial charge in [-0.1, -0.05) is 47.3 Å². The van der Waals surface area contributed by atoms with Gasteiger partial charge in [-0.3, -0.25) is 4.90 Å². The first-order valence-corrected chi connectivity index (χ1v) is 8.11. The molecular formula is C16H24BrNO. The summed E-state index contributed by atoms with van der Waals surface area (Å²) >= 11 is 3.53. The first-order chi connectivity index (χ1) is 9.15. The SMILES string of the molecule is CC(O)CN(Cc1cccc(Br)c1)C1CCCCC1. The number of hydrogen-bond acceptors (Lipinski definition) is 2. The summed E-state index contributed by atoms with van der Waals surface area (Å²) in [7, 11) is 0. The Kier molecular flexibility index (Phi) is 5.86. The van der Waals surface area contributed by atoms with Crippen molar-refractivity contribution >= 4 is 15.9 Å². The van der Waals surface area contributed by atoms with Crippen LogP contribution in [-0.2, 0) is 6.54 Å². The van der Waals surface area contributed by atoms with E-state index in [0.29, 0.717) is 6.04 Å². The van der Waals surface area contributed by atoms with E-state index in [2.05, 4.69) is 45.1 Å². The minimum atomic E-state index is -0.255. The van der Waals surface area contributed by atoms with Gasteiger partial charge < -0.3 is 5.11 Å². The van der Waals surface area contributed by atoms with Gasteiger partial charge in [-0.05, 0) is 37.5 Å². The lowest BCUT2D eigenvalue weighted by Crippen LogP contribution is -2.40. The summed E-state index contributed by atoms with van der Waals surface area (Å²) in [6, 6.07) is 9.13. The number of rotatable bonds is 5. The maximum absolute atomic E-state index is 9.74. The van der Waals surface area contributed by atoms with Crippen molar-refractivity contribution in [2.24, 2.45) is 0 Å². The highest BCUT2D eigenvalue weighted by Gasteiger charge is 2.22. The lowest BCUT2D eigenvalue weighted by atomic mass is 9.93. The van der Waals surface area contributed by atoms with Crippen LogP contribution >= 0.6 is 15.9 Å². The molecule has 1 saturated carbocycles.